The minimum Gasteiger partial charge on any atom is -0.316 e. The number of carbonyl (C=O) groups is 1. The average Bonchev–Trinajstić information content (AvgIpc) is 2.97. The van der Waals surface area contributed by atoms with Crippen molar-refractivity contribution in [1.29, 1.82) is 5.41 Å². The van der Waals surface area contributed by atoms with Gasteiger partial charge in [0.25, 0.3) is 11.5 Å². The molecule has 0 aliphatic carbocycles. The van der Waals surface area contributed by atoms with Crippen LogP contribution in [0, 0.1) is 11.3 Å². The molecular weight excluding hydrogens is 302 g/mol. The van der Waals surface area contributed by atoms with E-state index >= 15 is 0 Å². The summed E-state index contributed by atoms with van der Waals surface area (Å²) in [5.74, 6) is -0.463. The van der Waals surface area contributed by atoms with Crippen LogP contribution in [-0.4, -0.2) is 42.9 Å². The number of hydrogen-bond acceptors (Lipinski definition) is 5. The second-order valence-corrected chi connectivity index (χ2v) is 5.62. The summed E-state index contributed by atoms with van der Waals surface area (Å²) in [6.45, 7) is 0.833. The maximum Gasteiger partial charge on any atom is 0.327 e. The van der Waals surface area contributed by atoms with Gasteiger partial charge in [-0.1, -0.05) is 0 Å². The molecule has 0 bridgehead atoms. The van der Waals surface area contributed by atoms with Gasteiger partial charge in [0.2, 0.25) is 5.96 Å². The molecule has 2 aromatic heterocycles. The van der Waals surface area contributed by atoms with Crippen LogP contribution in [0.15, 0.2) is 27.7 Å². The van der Waals surface area contributed by atoms with E-state index in [0.29, 0.717) is 24.4 Å². The number of rotatable bonds is 1. The van der Waals surface area contributed by atoms with Gasteiger partial charge in [0.15, 0.2) is 5.52 Å². The number of amides is 1. The third kappa shape index (κ3) is 1.84. The van der Waals surface area contributed by atoms with E-state index < -0.39 is 5.56 Å². The number of allylic oxidation sites excluding steroid dienone is 1. The molecular formula is C13H13N7O3. The number of aromatic amines is 1. The number of hydrogen-bond donors (Lipinski definition) is 3. The fraction of sp³-hybridized carbons (Fsp3) is 0.308. The SMILES string of the molecule is CN1C(=N)NC(=O)C1=C[C@H]1Cn2cnc(=O)c3[nH]c(=O)n(c32)C1. The Bertz CT molecular complexity index is 1010. The van der Waals surface area contributed by atoms with Crippen LogP contribution < -0.4 is 16.6 Å². The van der Waals surface area contributed by atoms with Gasteiger partial charge in [-0.05, 0) is 6.08 Å². The van der Waals surface area contributed by atoms with E-state index in [1.54, 1.807) is 17.7 Å². The van der Waals surface area contributed by atoms with E-state index in [1.807, 2.05) is 0 Å². The van der Waals surface area contributed by atoms with Crippen LogP contribution in [0.2, 0.25) is 0 Å². The largest absolute Gasteiger partial charge is 0.327 e. The standard InChI is InChI=1S/C13H13N7O3/c1-18-7(9(21)17-12(18)14)2-6-3-19-5-15-10(22)8-11(19)20(4-6)13(23)16-8/h2,5-6H,3-4H2,1H3,(H,16,23)(H2,14,17,21)/t6-/m0/s1. The van der Waals surface area contributed by atoms with Gasteiger partial charge in [-0.25, -0.2) is 4.79 Å². The Morgan fingerprint density at radius 1 is 1.35 bits per heavy atom. The van der Waals surface area contributed by atoms with E-state index in [9.17, 15) is 14.4 Å². The summed E-state index contributed by atoms with van der Waals surface area (Å²) in [6.07, 6.45) is 3.14. The molecule has 0 saturated carbocycles. The molecule has 4 heterocycles. The summed E-state index contributed by atoms with van der Waals surface area (Å²) in [4.78, 5) is 43.4. The molecule has 1 fully saturated rings. The molecule has 10 nitrogen and oxygen atoms in total. The van der Waals surface area contributed by atoms with Crippen molar-refractivity contribution in [3.05, 3.63) is 38.9 Å². The van der Waals surface area contributed by atoms with Crippen molar-refractivity contribution < 1.29 is 4.79 Å². The van der Waals surface area contributed by atoms with E-state index in [0.717, 1.165) is 0 Å². The van der Waals surface area contributed by atoms with Gasteiger partial charge in [0.05, 0.1) is 0 Å². The number of aromatic nitrogens is 4. The highest BCUT2D eigenvalue weighted by molar-refractivity contribution is 6.12. The van der Waals surface area contributed by atoms with Crippen LogP contribution in [0.5, 0.6) is 0 Å². The summed E-state index contributed by atoms with van der Waals surface area (Å²) in [5, 5.41) is 10.0. The first kappa shape index (κ1) is 13.5. The summed E-state index contributed by atoms with van der Waals surface area (Å²) in [6, 6.07) is 0. The van der Waals surface area contributed by atoms with Gasteiger partial charge < -0.3 is 9.47 Å². The number of imidazole rings is 1. The average molecular weight is 315 g/mol. The number of nitrogens with zero attached hydrogens (tertiary/aromatic N) is 4. The van der Waals surface area contributed by atoms with Crippen LogP contribution in [0.4, 0.5) is 0 Å². The first-order valence-electron chi connectivity index (χ1n) is 6.99. The molecule has 2 aromatic rings. The van der Waals surface area contributed by atoms with E-state index in [2.05, 4.69) is 15.3 Å². The lowest BCUT2D eigenvalue weighted by molar-refractivity contribution is -0.116. The molecule has 10 heteroatoms. The molecule has 0 aromatic carbocycles. The van der Waals surface area contributed by atoms with Crippen molar-refractivity contribution in [2.45, 2.75) is 13.1 Å². The Morgan fingerprint density at radius 2 is 2.13 bits per heavy atom. The van der Waals surface area contributed by atoms with Crippen molar-refractivity contribution in [3.63, 3.8) is 0 Å². The monoisotopic (exact) mass is 315 g/mol. The van der Waals surface area contributed by atoms with Crippen molar-refractivity contribution >= 4 is 23.0 Å². The number of guanidine groups is 1. The smallest absolute Gasteiger partial charge is 0.316 e. The first-order chi connectivity index (χ1) is 11.0. The molecule has 0 unspecified atom stereocenters. The normalized spacial score (nSPS) is 22.2. The van der Waals surface area contributed by atoms with Crippen molar-refractivity contribution in [2.75, 3.05) is 7.05 Å². The lowest BCUT2D eigenvalue weighted by Crippen LogP contribution is -2.31. The summed E-state index contributed by atoms with van der Waals surface area (Å²) in [7, 11) is 1.63. The lowest BCUT2D eigenvalue weighted by Gasteiger charge is -2.23. The first-order valence-corrected chi connectivity index (χ1v) is 6.99. The van der Waals surface area contributed by atoms with Gasteiger partial charge in [0, 0.05) is 26.1 Å². The Labute approximate surface area is 128 Å². The predicted octanol–water partition coefficient (Wildman–Crippen LogP) is -1.60. The maximum absolute atomic E-state index is 12.1. The van der Waals surface area contributed by atoms with Crippen LogP contribution in [0.1, 0.15) is 0 Å². The highest BCUT2D eigenvalue weighted by Crippen LogP contribution is 2.21. The highest BCUT2D eigenvalue weighted by Gasteiger charge is 2.30. The van der Waals surface area contributed by atoms with Crippen molar-refractivity contribution in [3.8, 4) is 0 Å². The number of carbonyl (C=O) groups excluding carboxylic acids is 1. The highest BCUT2D eigenvalue weighted by atomic mass is 16.2. The molecule has 23 heavy (non-hydrogen) atoms. The third-order valence-electron chi connectivity index (χ3n) is 4.16. The molecule has 3 N–H and O–H groups in total. The van der Waals surface area contributed by atoms with Gasteiger partial charge in [-0.15, -0.1) is 0 Å². The molecule has 4 rings (SSSR count). The second-order valence-electron chi connectivity index (χ2n) is 5.62. The van der Waals surface area contributed by atoms with Crippen molar-refractivity contribution in [2.24, 2.45) is 5.92 Å². The molecule has 118 valence electrons. The Kier molecular flexibility index (Phi) is 2.59. The molecule has 0 radical (unpaired) electrons. The summed E-state index contributed by atoms with van der Waals surface area (Å²) < 4.78 is 3.19. The zero-order chi connectivity index (χ0) is 16.3. The molecule has 0 spiro atoms. The lowest BCUT2D eigenvalue weighted by atomic mass is 10.1. The minimum atomic E-state index is -0.466. The summed E-state index contributed by atoms with van der Waals surface area (Å²) in [5.41, 5.74) is 0.242. The fourth-order valence-corrected chi connectivity index (χ4v) is 3.04. The van der Waals surface area contributed by atoms with Gasteiger partial charge in [-0.2, -0.15) is 4.98 Å². The van der Waals surface area contributed by atoms with E-state index in [-0.39, 0.29) is 29.0 Å². The Balaban J connectivity index is 1.79. The molecule has 1 saturated heterocycles. The van der Waals surface area contributed by atoms with Crippen molar-refractivity contribution in [1.82, 2.24) is 29.3 Å². The van der Waals surface area contributed by atoms with E-state index in [4.69, 9.17) is 5.41 Å². The van der Waals surface area contributed by atoms with Gasteiger partial charge >= 0.3 is 5.69 Å². The zero-order valence-electron chi connectivity index (χ0n) is 12.2. The molecule has 1 atom stereocenters. The number of H-pyrrole nitrogens is 1. The summed E-state index contributed by atoms with van der Waals surface area (Å²) >= 11 is 0. The Hall–Kier alpha value is -3.17. The van der Waals surface area contributed by atoms with Crippen LogP contribution >= 0.6 is 0 Å². The fourth-order valence-electron chi connectivity index (χ4n) is 3.04. The number of nitrogens with one attached hydrogen (secondary N) is 3. The third-order valence-corrected chi connectivity index (χ3v) is 4.16. The van der Waals surface area contributed by atoms with Crippen LogP contribution in [0.25, 0.3) is 11.2 Å². The molecule has 1 amide bonds. The predicted molar refractivity (Wildman–Crippen MR) is 79.8 cm³/mol. The minimum absolute atomic E-state index is 0.0176. The molecule has 2 aliphatic heterocycles. The number of likely N-dealkylation sites (N-methyl/N-ethyl adjacent to an activating group) is 1. The van der Waals surface area contributed by atoms with Crippen LogP contribution in [-0.2, 0) is 17.9 Å². The van der Waals surface area contributed by atoms with Crippen LogP contribution in [0.3, 0.4) is 0 Å². The zero-order valence-corrected chi connectivity index (χ0v) is 12.2. The molecule has 2 aliphatic rings. The maximum atomic E-state index is 12.1. The quantitative estimate of drug-likeness (QED) is 0.546. The topological polar surface area (TPSA) is 129 Å². The van der Waals surface area contributed by atoms with Gasteiger partial charge in [0.1, 0.15) is 17.7 Å². The Morgan fingerprint density at radius 3 is 2.83 bits per heavy atom. The second kappa shape index (κ2) is 4.41. The van der Waals surface area contributed by atoms with E-state index in [1.165, 1.54) is 15.8 Å². The van der Waals surface area contributed by atoms with Gasteiger partial charge in [-0.3, -0.25) is 29.9 Å².